The first kappa shape index (κ1) is 13.8. The van der Waals surface area contributed by atoms with Gasteiger partial charge >= 0.3 is 11.9 Å². The molecule has 1 atom stereocenters. The molecule has 0 aliphatic heterocycles. The number of rotatable bonds is 5. The molecule has 0 spiro atoms. The van der Waals surface area contributed by atoms with Crippen LogP contribution >= 0.6 is 0 Å². The molecule has 0 fully saturated rings. The minimum Gasteiger partial charge on any atom is -0.476 e. The molecule has 7 nitrogen and oxygen atoms in total. The third-order valence-electron chi connectivity index (χ3n) is 2.60. The molecular weight excluding hydrogens is 266 g/mol. The first-order chi connectivity index (χ1) is 9.54. The highest BCUT2D eigenvalue weighted by Crippen LogP contribution is 2.26. The lowest BCUT2D eigenvalue weighted by Gasteiger charge is -2.11. The Balaban J connectivity index is 2.49. The Kier molecular flexibility index (Phi) is 3.81. The Labute approximate surface area is 113 Å². The Morgan fingerprint density at radius 1 is 1.20 bits per heavy atom. The van der Waals surface area contributed by atoms with Crippen LogP contribution in [-0.4, -0.2) is 34.2 Å². The molecule has 2 N–H and O–H groups in total. The maximum absolute atomic E-state index is 11.0. The first-order valence-electron chi connectivity index (χ1n) is 5.59. The van der Waals surface area contributed by atoms with Gasteiger partial charge < -0.3 is 19.4 Å². The van der Waals surface area contributed by atoms with Crippen molar-refractivity contribution in [3.05, 3.63) is 53.2 Å². The number of methoxy groups -OCH3 is 1. The molecule has 1 heterocycles. The monoisotopic (exact) mass is 277 g/mol. The Morgan fingerprint density at radius 3 is 2.30 bits per heavy atom. The number of benzene rings is 1. The quantitative estimate of drug-likeness (QED) is 0.857. The normalized spacial score (nSPS) is 12.1. The maximum atomic E-state index is 11.0. The molecule has 0 amide bonds. The summed E-state index contributed by atoms with van der Waals surface area (Å²) in [5, 5.41) is 17.8. The molecule has 2 aromatic rings. The van der Waals surface area contributed by atoms with Crippen molar-refractivity contribution in [3.63, 3.8) is 0 Å². The van der Waals surface area contributed by atoms with Crippen molar-refractivity contribution in [1.29, 1.82) is 0 Å². The van der Waals surface area contributed by atoms with Crippen LogP contribution in [0.25, 0.3) is 0 Å². The van der Waals surface area contributed by atoms with Crippen LogP contribution in [0, 0.1) is 0 Å². The standard InChI is InChI=1S/C13H11NO6/c1-19-9(7-5-3-2-4-6-7)11-14-8(12(15)16)10(20-11)13(17)18/h2-6,9H,1H3,(H,15,16)(H,17,18). The molecule has 0 saturated heterocycles. The Bertz CT molecular complexity index is 602. The van der Waals surface area contributed by atoms with Crippen LogP contribution in [0.15, 0.2) is 34.7 Å². The highest BCUT2D eigenvalue weighted by atomic mass is 16.5. The third kappa shape index (κ3) is 2.52. The van der Waals surface area contributed by atoms with E-state index < -0.39 is 29.5 Å². The summed E-state index contributed by atoms with van der Waals surface area (Å²) >= 11 is 0. The van der Waals surface area contributed by atoms with Crippen LogP contribution in [0.5, 0.6) is 0 Å². The van der Waals surface area contributed by atoms with E-state index >= 15 is 0 Å². The highest BCUT2D eigenvalue weighted by Gasteiger charge is 2.29. The predicted octanol–water partition coefficient (Wildman–Crippen LogP) is 1.81. The van der Waals surface area contributed by atoms with Crippen LogP contribution in [0.4, 0.5) is 0 Å². The molecule has 1 aromatic heterocycles. The van der Waals surface area contributed by atoms with Gasteiger partial charge in [0.25, 0.3) is 0 Å². The van der Waals surface area contributed by atoms with Gasteiger partial charge in [-0.05, 0) is 5.56 Å². The van der Waals surface area contributed by atoms with Crippen molar-refractivity contribution in [1.82, 2.24) is 4.98 Å². The molecule has 0 aliphatic carbocycles. The number of ether oxygens (including phenoxy) is 1. The fraction of sp³-hybridized carbons (Fsp3) is 0.154. The van der Waals surface area contributed by atoms with Gasteiger partial charge in [-0.2, -0.15) is 0 Å². The van der Waals surface area contributed by atoms with E-state index in [2.05, 4.69) is 4.98 Å². The number of aromatic nitrogens is 1. The van der Waals surface area contributed by atoms with E-state index in [0.717, 1.165) is 0 Å². The SMILES string of the molecule is COC(c1ccccc1)c1nc(C(=O)O)c(C(=O)O)o1. The van der Waals surface area contributed by atoms with Gasteiger partial charge in [-0.3, -0.25) is 0 Å². The molecule has 2 rings (SSSR count). The molecule has 1 unspecified atom stereocenters. The van der Waals surface area contributed by atoms with Crippen molar-refractivity contribution in [3.8, 4) is 0 Å². The summed E-state index contributed by atoms with van der Waals surface area (Å²) in [5.74, 6) is -3.80. The minimum absolute atomic E-state index is 0.117. The number of carboxylic acid groups (broad SMARTS) is 2. The van der Waals surface area contributed by atoms with Crippen molar-refractivity contribution in [2.45, 2.75) is 6.10 Å². The lowest BCUT2D eigenvalue weighted by Crippen LogP contribution is -2.06. The van der Waals surface area contributed by atoms with Gasteiger partial charge in [-0.15, -0.1) is 0 Å². The van der Waals surface area contributed by atoms with Crippen LogP contribution in [-0.2, 0) is 4.74 Å². The summed E-state index contributed by atoms with van der Waals surface area (Å²) in [7, 11) is 1.39. The molecule has 0 saturated carbocycles. The molecule has 7 heteroatoms. The summed E-state index contributed by atoms with van der Waals surface area (Å²) in [4.78, 5) is 25.6. The topological polar surface area (TPSA) is 110 Å². The van der Waals surface area contributed by atoms with Crippen molar-refractivity contribution in [2.24, 2.45) is 0 Å². The fourth-order valence-electron chi connectivity index (χ4n) is 1.75. The average molecular weight is 277 g/mol. The molecule has 0 aliphatic rings. The number of aromatic carboxylic acids is 2. The lowest BCUT2D eigenvalue weighted by molar-refractivity contribution is 0.0615. The zero-order chi connectivity index (χ0) is 14.7. The number of nitrogens with zero attached hydrogens (tertiary/aromatic N) is 1. The van der Waals surface area contributed by atoms with Gasteiger partial charge in [0.2, 0.25) is 17.3 Å². The zero-order valence-electron chi connectivity index (χ0n) is 10.4. The van der Waals surface area contributed by atoms with E-state index in [-0.39, 0.29) is 5.89 Å². The van der Waals surface area contributed by atoms with E-state index in [1.165, 1.54) is 7.11 Å². The third-order valence-corrected chi connectivity index (χ3v) is 2.60. The van der Waals surface area contributed by atoms with Gasteiger partial charge in [0, 0.05) is 7.11 Å². The summed E-state index contributed by atoms with van der Waals surface area (Å²) in [6.45, 7) is 0. The van der Waals surface area contributed by atoms with Crippen molar-refractivity contribution in [2.75, 3.05) is 7.11 Å². The van der Waals surface area contributed by atoms with Gasteiger partial charge in [0.05, 0.1) is 0 Å². The van der Waals surface area contributed by atoms with Crippen LogP contribution < -0.4 is 0 Å². The second-order valence-electron chi connectivity index (χ2n) is 3.87. The number of carbonyl (C=O) groups is 2. The molecule has 104 valence electrons. The lowest BCUT2D eigenvalue weighted by atomic mass is 10.1. The van der Waals surface area contributed by atoms with E-state index in [4.69, 9.17) is 19.4 Å². The number of carboxylic acids is 2. The van der Waals surface area contributed by atoms with Gasteiger partial charge in [-0.1, -0.05) is 30.3 Å². The predicted molar refractivity (Wildman–Crippen MR) is 65.7 cm³/mol. The van der Waals surface area contributed by atoms with E-state index in [0.29, 0.717) is 5.56 Å². The first-order valence-corrected chi connectivity index (χ1v) is 5.59. The van der Waals surface area contributed by atoms with Crippen LogP contribution in [0.1, 0.15) is 38.6 Å². The minimum atomic E-state index is -1.50. The van der Waals surface area contributed by atoms with E-state index in [9.17, 15) is 9.59 Å². The molecule has 20 heavy (non-hydrogen) atoms. The molecule has 0 bridgehead atoms. The summed E-state index contributed by atoms with van der Waals surface area (Å²) < 4.78 is 10.2. The van der Waals surface area contributed by atoms with Crippen molar-refractivity contribution >= 4 is 11.9 Å². The van der Waals surface area contributed by atoms with Gasteiger partial charge in [0.1, 0.15) is 0 Å². The van der Waals surface area contributed by atoms with Gasteiger partial charge in [-0.25, -0.2) is 14.6 Å². The average Bonchev–Trinajstić information content (AvgIpc) is 2.86. The van der Waals surface area contributed by atoms with Crippen LogP contribution in [0.3, 0.4) is 0 Å². The number of hydrogen-bond acceptors (Lipinski definition) is 5. The largest absolute Gasteiger partial charge is 0.476 e. The molecule has 1 aromatic carbocycles. The second-order valence-corrected chi connectivity index (χ2v) is 3.87. The Hall–Kier alpha value is -2.67. The molecular formula is C13H11NO6. The second kappa shape index (κ2) is 5.54. The van der Waals surface area contributed by atoms with Gasteiger partial charge in [0.15, 0.2) is 6.10 Å². The molecule has 0 radical (unpaired) electrons. The summed E-state index contributed by atoms with van der Waals surface area (Å²) in [6, 6.07) is 8.80. The van der Waals surface area contributed by atoms with Crippen LogP contribution in [0.2, 0.25) is 0 Å². The van der Waals surface area contributed by atoms with E-state index in [1.807, 2.05) is 0 Å². The van der Waals surface area contributed by atoms with Crippen molar-refractivity contribution < 1.29 is 29.0 Å². The van der Waals surface area contributed by atoms with E-state index in [1.54, 1.807) is 30.3 Å². The Morgan fingerprint density at radius 2 is 1.85 bits per heavy atom. The number of oxazole rings is 1. The fourth-order valence-corrected chi connectivity index (χ4v) is 1.75. The zero-order valence-corrected chi connectivity index (χ0v) is 10.4. The highest BCUT2D eigenvalue weighted by molar-refractivity contribution is 5.98. The summed E-state index contributed by atoms with van der Waals surface area (Å²) in [6.07, 6.45) is -0.776. The smallest absolute Gasteiger partial charge is 0.374 e. The number of hydrogen-bond donors (Lipinski definition) is 2. The maximum Gasteiger partial charge on any atom is 0.374 e. The summed E-state index contributed by atoms with van der Waals surface area (Å²) in [5.41, 5.74) is 0.0237.